The van der Waals surface area contributed by atoms with Crippen molar-refractivity contribution in [1.82, 2.24) is 5.32 Å². The highest BCUT2D eigenvalue weighted by atomic mass is 35.5. The zero-order valence-corrected chi connectivity index (χ0v) is 12.4. The maximum Gasteiger partial charge on any atom is 0.228 e. The van der Waals surface area contributed by atoms with Gasteiger partial charge in [-0.1, -0.05) is 17.7 Å². The van der Waals surface area contributed by atoms with Gasteiger partial charge in [0.25, 0.3) is 0 Å². The van der Waals surface area contributed by atoms with Crippen LogP contribution in [0.15, 0.2) is 30.9 Å². The lowest BCUT2D eigenvalue weighted by Gasteiger charge is -2.08. The largest absolute Gasteiger partial charge is 0.495 e. The number of amides is 2. The second-order valence-electron chi connectivity index (χ2n) is 4.82. The fraction of sp³-hybridized carbons (Fsp3) is 0.333. The molecule has 0 aromatic heterocycles. The fourth-order valence-corrected chi connectivity index (χ4v) is 2.32. The SMILES string of the molecule is C=CCNC(=O)C1CC1C(=O)Nc1ccc(OC)c(Cl)c1. The lowest BCUT2D eigenvalue weighted by molar-refractivity contribution is -0.125. The molecule has 5 nitrogen and oxygen atoms in total. The summed E-state index contributed by atoms with van der Waals surface area (Å²) in [6, 6.07) is 5.00. The number of nitrogens with one attached hydrogen (secondary N) is 2. The number of methoxy groups -OCH3 is 1. The topological polar surface area (TPSA) is 67.4 Å². The minimum atomic E-state index is -0.282. The smallest absolute Gasteiger partial charge is 0.228 e. The monoisotopic (exact) mass is 308 g/mol. The molecule has 6 heteroatoms. The van der Waals surface area contributed by atoms with Gasteiger partial charge in [0.1, 0.15) is 5.75 Å². The zero-order valence-electron chi connectivity index (χ0n) is 11.7. The number of hydrogen-bond acceptors (Lipinski definition) is 3. The highest BCUT2D eigenvalue weighted by molar-refractivity contribution is 6.32. The van der Waals surface area contributed by atoms with E-state index in [1.165, 1.54) is 7.11 Å². The van der Waals surface area contributed by atoms with Crippen LogP contribution in [0, 0.1) is 11.8 Å². The fourth-order valence-electron chi connectivity index (χ4n) is 2.06. The lowest BCUT2D eigenvalue weighted by atomic mass is 10.2. The van der Waals surface area contributed by atoms with Crippen LogP contribution in [0.2, 0.25) is 5.02 Å². The average molecular weight is 309 g/mol. The molecule has 1 aliphatic rings. The number of carbonyl (C=O) groups excluding carboxylic acids is 2. The highest BCUT2D eigenvalue weighted by Gasteiger charge is 2.47. The average Bonchev–Trinajstić information content (AvgIpc) is 3.25. The van der Waals surface area contributed by atoms with E-state index in [4.69, 9.17) is 16.3 Å². The van der Waals surface area contributed by atoms with Gasteiger partial charge in [0, 0.05) is 12.2 Å². The summed E-state index contributed by atoms with van der Waals surface area (Å²) in [7, 11) is 1.52. The molecule has 0 spiro atoms. The van der Waals surface area contributed by atoms with Crippen molar-refractivity contribution >= 4 is 29.1 Å². The minimum Gasteiger partial charge on any atom is -0.495 e. The van der Waals surface area contributed by atoms with Crippen molar-refractivity contribution < 1.29 is 14.3 Å². The van der Waals surface area contributed by atoms with Crippen molar-refractivity contribution in [3.8, 4) is 5.75 Å². The van der Waals surface area contributed by atoms with E-state index in [2.05, 4.69) is 17.2 Å². The van der Waals surface area contributed by atoms with Gasteiger partial charge in [0.15, 0.2) is 0 Å². The molecular weight excluding hydrogens is 292 g/mol. The predicted molar refractivity (Wildman–Crippen MR) is 81.4 cm³/mol. The van der Waals surface area contributed by atoms with Crippen molar-refractivity contribution in [2.24, 2.45) is 11.8 Å². The van der Waals surface area contributed by atoms with Crippen LogP contribution in [-0.4, -0.2) is 25.5 Å². The van der Waals surface area contributed by atoms with E-state index < -0.39 is 0 Å². The van der Waals surface area contributed by atoms with Gasteiger partial charge in [-0.3, -0.25) is 9.59 Å². The Bertz CT molecular complexity index is 574. The summed E-state index contributed by atoms with van der Waals surface area (Å²) >= 11 is 5.99. The number of ether oxygens (including phenoxy) is 1. The third kappa shape index (κ3) is 3.76. The quantitative estimate of drug-likeness (QED) is 0.792. The Morgan fingerprint density at radius 1 is 1.43 bits per heavy atom. The van der Waals surface area contributed by atoms with Crippen LogP contribution in [0.4, 0.5) is 5.69 Å². The molecule has 21 heavy (non-hydrogen) atoms. The van der Waals surface area contributed by atoms with Crippen molar-refractivity contribution in [2.75, 3.05) is 19.0 Å². The molecule has 0 aliphatic heterocycles. The van der Waals surface area contributed by atoms with Crippen LogP contribution in [0.3, 0.4) is 0 Å². The Labute approximate surface area is 128 Å². The molecule has 0 heterocycles. The number of hydrogen-bond donors (Lipinski definition) is 2. The molecular formula is C15H17ClN2O3. The molecule has 0 saturated heterocycles. The molecule has 2 amide bonds. The number of halogens is 1. The van der Waals surface area contributed by atoms with Crippen molar-refractivity contribution in [3.05, 3.63) is 35.9 Å². The number of rotatable bonds is 6. The molecule has 2 atom stereocenters. The third-order valence-electron chi connectivity index (χ3n) is 3.30. The molecule has 1 aromatic rings. The lowest BCUT2D eigenvalue weighted by Crippen LogP contribution is -2.27. The first-order chi connectivity index (χ1) is 10.1. The second kappa shape index (κ2) is 6.63. The maximum absolute atomic E-state index is 12.0. The van der Waals surface area contributed by atoms with E-state index in [-0.39, 0.29) is 23.7 Å². The van der Waals surface area contributed by atoms with Gasteiger partial charge < -0.3 is 15.4 Å². The van der Waals surface area contributed by atoms with Crippen molar-refractivity contribution in [3.63, 3.8) is 0 Å². The third-order valence-corrected chi connectivity index (χ3v) is 3.60. The summed E-state index contributed by atoms with van der Waals surface area (Å²) in [4.78, 5) is 23.7. The van der Waals surface area contributed by atoms with Gasteiger partial charge in [0.2, 0.25) is 11.8 Å². The summed E-state index contributed by atoms with van der Waals surface area (Å²) in [6.07, 6.45) is 2.17. The molecule has 1 fully saturated rings. The molecule has 112 valence electrons. The Morgan fingerprint density at radius 2 is 2.14 bits per heavy atom. The number of carbonyl (C=O) groups is 2. The van der Waals surface area contributed by atoms with Gasteiger partial charge in [-0.25, -0.2) is 0 Å². The Balaban J connectivity index is 1.90. The zero-order chi connectivity index (χ0) is 15.4. The Kier molecular flexibility index (Phi) is 4.85. The Hall–Kier alpha value is -2.01. The number of anilines is 1. The van der Waals surface area contributed by atoms with E-state index >= 15 is 0 Å². The molecule has 1 aliphatic carbocycles. The van der Waals surface area contributed by atoms with E-state index in [1.54, 1.807) is 24.3 Å². The molecule has 2 N–H and O–H groups in total. The van der Waals surface area contributed by atoms with E-state index in [1.807, 2.05) is 0 Å². The van der Waals surface area contributed by atoms with Gasteiger partial charge in [-0.15, -0.1) is 6.58 Å². The maximum atomic E-state index is 12.0. The van der Waals surface area contributed by atoms with E-state index in [9.17, 15) is 9.59 Å². The predicted octanol–water partition coefficient (Wildman–Crippen LogP) is 2.23. The summed E-state index contributed by atoms with van der Waals surface area (Å²) in [6.45, 7) is 3.94. The summed E-state index contributed by atoms with van der Waals surface area (Å²) < 4.78 is 5.05. The van der Waals surface area contributed by atoms with Gasteiger partial charge in [0.05, 0.1) is 24.0 Å². The van der Waals surface area contributed by atoms with E-state index in [0.717, 1.165) is 0 Å². The van der Waals surface area contributed by atoms with E-state index in [0.29, 0.717) is 29.4 Å². The van der Waals surface area contributed by atoms with Gasteiger partial charge in [-0.2, -0.15) is 0 Å². The van der Waals surface area contributed by atoms with Gasteiger partial charge in [-0.05, 0) is 24.6 Å². The van der Waals surface area contributed by atoms with Crippen LogP contribution in [0.1, 0.15) is 6.42 Å². The van der Waals surface area contributed by atoms with Crippen LogP contribution >= 0.6 is 11.6 Å². The first-order valence-corrected chi connectivity index (χ1v) is 6.97. The van der Waals surface area contributed by atoms with Crippen LogP contribution in [-0.2, 0) is 9.59 Å². The van der Waals surface area contributed by atoms with Crippen LogP contribution < -0.4 is 15.4 Å². The molecule has 2 unspecified atom stereocenters. The molecule has 0 bridgehead atoms. The van der Waals surface area contributed by atoms with Crippen LogP contribution in [0.25, 0.3) is 0 Å². The molecule has 1 saturated carbocycles. The second-order valence-corrected chi connectivity index (χ2v) is 5.23. The number of benzene rings is 1. The molecule has 0 radical (unpaired) electrons. The van der Waals surface area contributed by atoms with Crippen molar-refractivity contribution in [2.45, 2.75) is 6.42 Å². The summed E-state index contributed by atoms with van der Waals surface area (Å²) in [5, 5.41) is 5.87. The minimum absolute atomic E-state index is 0.109. The standard InChI is InChI=1S/C15H17ClN2O3/c1-3-6-17-14(19)10-8-11(10)15(20)18-9-4-5-13(21-2)12(16)7-9/h3-5,7,10-11H,1,6,8H2,2H3,(H,17,19)(H,18,20). The van der Waals surface area contributed by atoms with Crippen LogP contribution in [0.5, 0.6) is 5.75 Å². The Morgan fingerprint density at radius 3 is 2.76 bits per heavy atom. The van der Waals surface area contributed by atoms with Crippen molar-refractivity contribution in [1.29, 1.82) is 0 Å². The summed E-state index contributed by atoms with van der Waals surface area (Å²) in [5.41, 5.74) is 0.586. The highest BCUT2D eigenvalue weighted by Crippen LogP contribution is 2.39. The normalized spacial score (nSPS) is 19.5. The molecule has 1 aromatic carbocycles. The first-order valence-electron chi connectivity index (χ1n) is 6.59. The first kappa shape index (κ1) is 15.4. The molecule has 2 rings (SSSR count). The van der Waals surface area contributed by atoms with Gasteiger partial charge >= 0.3 is 0 Å². The summed E-state index contributed by atoms with van der Waals surface area (Å²) in [5.74, 6) is -0.269.